The van der Waals surface area contributed by atoms with Gasteiger partial charge in [0.25, 0.3) is 11.5 Å². The highest BCUT2D eigenvalue weighted by Crippen LogP contribution is 2.12. The van der Waals surface area contributed by atoms with Crippen LogP contribution in [0, 0.1) is 0 Å². The van der Waals surface area contributed by atoms with Gasteiger partial charge in [-0.25, -0.2) is 20.2 Å². The third-order valence-corrected chi connectivity index (χ3v) is 5.08. The lowest BCUT2D eigenvalue weighted by Crippen LogP contribution is -2.41. The Bertz CT molecular complexity index is 1480. The summed E-state index contributed by atoms with van der Waals surface area (Å²) in [5.74, 6) is -4.32. The number of benzene rings is 1. The largest absolute Gasteiger partial charge is 0.481 e. The van der Waals surface area contributed by atoms with Crippen molar-refractivity contribution in [1.29, 1.82) is 0 Å². The molecule has 218 valence electrons. The Morgan fingerprint density at radius 1 is 1.00 bits per heavy atom. The minimum Gasteiger partial charge on any atom is -0.481 e. The standard InChI is InChI=1S/C19H19N7O6.C4H8N2O3/c20-19-25-15-14(17(30)26-19)23-11(8-22-15)7-21-10-3-1-9(2-4-10)16(29)24-12(18(31)32)5-6-13(27)28;5-3(7)1-2-4(8)6-9/h1-4,8,12,21H,5-7H2,(H,24,29)(H,27,28)(H,31,32)(H3,20,22,25,26,30);9H,1-2H2,(H2,5,7)(H,6,8)/t12-;/m0./s1. The number of nitrogens with zero attached hydrogens (tertiary/aromatic N) is 3. The predicted octanol–water partition coefficient (Wildman–Crippen LogP) is -1.29. The van der Waals surface area contributed by atoms with Crippen LogP contribution in [-0.4, -0.2) is 71.1 Å². The number of carboxylic acid groups (broad SMARTS) is 2. The number of aromatic amines is 1. The number of aliphatic carboxylic acids is 2. The number of hydrogen-bond donors (Lipinski definition) is 9. The predicted molar refractivity (Wildman–Crippen MR) is 140 cm³/mol. The van der Waals surface area contributed by atoms with Crippen LogP contribution in [0.1, 0.15) is 41.7 Å². The molecule has 11 N–H and O–H groups in total. The second-order valence-electron chi connectivity index (χ2n) is 8.21. The van der Waals surface area contributed by atoms with Gasteiger partial charge in [0.05, 0.1) is 18.4 Å². The van der Waals surface area contributed by atoms with E-state index >= 15 is 0 Å². The van der Waals surface area contributed by atoms with Crippen LogP contribution in [0.5, 0.6) is 0 Å². The first kappa shape index (κ1) is 31.6. The average molecular weight is 574 g/mol. The second-order valence-corrected chi connectivity index (χ2v) is 8.21. The highest BCUT2D eigenvalue weighted by Gasteiger charge is 2.21. The van der Waals surface area contributed by atoms with Crippen molar-refractivity contribution in [3.8, 4) is 0 Å². The number of H-pyrrole nitrogens is 1. The third-order valence-electron chi connectivity index (χ3n) is 5.08. The van der Waals surface area contributed by atoms with Gasteiger partial charge in [0.2, 0.25) is 17.8 Å². The fourth-order valence-electron chi connectivity index (χ4n) is 3.05. The maximum absolute atomic E-state index is 12.3. The lowest BCUT2D eigenvalue weighted by atomic mass is 10.1. The number of carbonyl (C=O) groups is 5. The monoisotopic (exact) mass is 573 g/mol. The molecular weight excluding hydrogens is 546 g/mol. The first-order chi connectivity index (χ1) is 19.4. The van der Waals surface area contributed by atoms with Crippen LogP contribution in [-0.2, 0) is 25.7 Å². The van der Waals surface area contributed by atoms with Crippen LogP contribution in [0.4, 0.5) is 11.6 Å². The van der Waals surface area contributed by atoms with Crippen LogP contribution in [0.15, 0.2) is 35.3 Å². The summed E-state index contributed by atoms with van der Waals surface area (Å²) in [5, 5.41) is 31.1. The SMILES string of the molecule is NC(=O)CCC(=O)NO.Nc1nc2ncc(CNc3ccc(C(=O)N[C@@H](CCC(=O)O)C(=O)O)cc3)nc2c(=O)[nH]1. The Kier molecular flexibility index (Phi) is 11.6. The van der Waals surface area contributed by atoms with Crippen molar-refractivity contribution in [2.75, 3.05) is 11.1 Å². The molecule has 0 aliphatic carbocycles. The molecule has 18 heteroatoms. The molecule has 0 saturated heterocycles. The van der Waals surface area contributed by atoms with Gasteiger partial charge >= 0.3 is 11.9 Å². The number of hydrogen-bond acceptors (Lipinski definition) is 12. The van der Waals surface area contributed by atoms with E-state index in [2.05, 4.69) is 30.6 Å². The van der Waals surface area contributed by atoms with Crippen molar-refractivity contribution in [2.45, 2.75) is 38.3 Å². The molecule has 0 saturated carbocycles. The number of primary amides is 1. The topological polar surface area (TPSA) is 306 Å². The fraction of sp³-hybridized carbons (Fsp3) is 0.261. The zero-order chi connectivity index (χ0) is 30.5. The minimum absolute atomic E-state index is 0.0353. The summed E-state index contributed by atoms with van der Waals surface area (Å²) in [6, 6.07) is 4.86. The van der Waals surface area contributed by atoms with Crippen molar-refractivity contribution in [3.63, 3.8) is 0 Å². The molecule has 41 heavy (non-hydrogen) atoms. The average Bonchev–Trinajstić information content (AvgIpc) is 2.93. The van der Waals surface area contributed by atoms with E-state index in [9.17, 15) is 28.8 Å². The molecular formula is C23H27N9O9. The number of anilines is 2. The molecule has 1 aromatic carbocycles. The van der Waals surface area contributed by atoms with Crippen molar-refractivity contribution in [1.82, 2.24) is 30.7 Å². The van der Waals surface area contributed by atoms with Gasteiger partial charge in [-0.05, 0) is 30.7 Å². The number of aromatic nitrogens is 4. The maximum atomic E-state index is 12.3. The number of fused-ring (bicyclic) bond motifs is 1. The van der Waals surface area contributed by atoms with E-state index < -0.39 is 41.3 Å². The molecule has 18 nitrogen and oxygen atoms in total. The van der Waals surface area contributed by atoms with E-state index in [0.717, 1.165) is 0 Å². The first-order valence-corrected chi connectivity index (χ1v) is 11.7. The minimum atomic E-state index is -1.31. The van der Waals surface area contributed by atoms with Gasteiger partial charge in [-0.2, -0.15) is 4.98 Å². The second kappa shape index (κ2) is 15.1. The van der Waals surface area contributed by atoms with Crippen molar-refractivity contribution < 1.29 is 39.4 Å². The number of rotatable bonds is 12. The molecule has 0 fully saturated rings. The number of nitrogens with two attached hydrogens (primary N) is 2. The van der Waals surface area contributed by atoms with Crippen LogP contribution in [0.25, 0.3) is 11.2 Å². The third kappa shape index (κ3) is 10.6. The molecule has 0 aliphatic rings. The fourth-order valence-corrected chi connectivity index (χ4v) is 3.05. The number of amides is 3. The quantitative estimate of drug-likeness (QED) is 0.0899. The van der Waals surface area contributed by atoms with Gasteiger partial charge in [0.15, 0.2) is 11.2 Å². The number of carbonyl (C=O) groups excluding carboxylic acids is 3. The lowest BCUT2D eigenvalue weighted by molar-refractivity contribution is -0.140. The van der Waals surface area contributed by atoms with Crippen LogP contribution >= 0.6 is 0 Å². The zero-order valence-corrected chi connectivity index (χ0v) is 21.3. The van der Waals surface area contributed by atoms with Gasteiger partial charge in [-0.3, -0.25) is 34.2 Å². The van der Waals surface area contributed by atoms with E-state index in [1.165, 1.54) is 23.8 Å². The van der Waals surface area contributed by atoms with Gasteiger partial charge in [0.1, 0.15) is 6.04 Å². The number of hydroxylamine groups is 1. The Morgan fingerprint density at radius 2 is 1.68 bits per heavy atom. The normalized spacial score (nSPS) is 11.0. The summed E-state index contributed by atoms with van der Waals surface area (Å²) >= 11 is 0. The van der Waals surface area contributed by atoms with Crippen LogP contribution < -0.4 is 33.1 Å². The molecule has 0 unspecified atom stereocenters. The van der Waals surface area contributed by atoms with Gasteiger partial charge < -0.3 is 32.3 Å². The van der Waals surface area contributed by atoms with E-state index in [0.29, 0.717) is 11.4 Å². The van der Waals surface area contributed by atoms with E-state index in [-0.39, 0.29) is 54.9 Å². The Balaban J connectivity index is 0.000000564. The summed E-state index contributed by atoms with van der Waals surface area (Å²) in [7, 11) is 0. The highest BCUT2D eigenvalue weighted by atomic mass is 16.5. The Hall–Kier alpha value is -5.65. The van der Waals surface area contributed by atoms with Crippen molar-refractivity contribution in [3.05, 3.63) is 52.1 Å². The highest BCUT2D eigenvalue weighted by molar-refractivity contribution is 5.97. The molecule has 2 heterocycles. The summed E-state index contributed by atoms with van der Waals surface area (Å²) in [5.41, 5.74) is 12.5. The van der Waals surface area contributed by atoms with E-state index in [1.54, 1.807) is 12.1 Å². The van der Waals surface area contributed by atoms with Gasteiger partial charge in [-0.1, -0.05) is 0 Å². The maximum Gasteiger partial charge on any atom is 0.326 e. The Labute approximate surface area is 230 Å². The lowest BCUT2D eigenvalue weighted by Gasteiger charge is -2.14. The van der Waals surface area contributed by atoms with E-state index in [4.69, 9.17) is 26.9 Å². The first-order valence-electron chi connectivity index (χ1n) is 11.7. The molecule has 1 atom stereocenters. The Morgan fingerprint density at radius 3 is 2.27 bits per heavy atom. The molecule has 3 rings (SSSR count). The molecule has 0 aliphatic heterocycles. The van der Waals surface area contributed by atoms with Crippen LogP contribution in [0.2, 0.25) is 0 Å². The van der Waals surface area contributed by atoms with E-state index in [1.807, 2.05) is 0 Å². The smallest absolute Gasteiger partial charge is 0.326 e. The summed E-state index contributed by atoms with van der Waals surface area (Å²) < 4.78 is 0. The number of nitrogens with one attached hydrogen (secondary N) is 4. The number of nitrogen functional groups attached to an aromatic ring is 1. The number of carboxylic acids is 2. The summed E-state index contributed by atoms with van der Waals surface area (Å²) in [6.07, 6.45) is 0.741. The molecule has 2 aromatic heterocycles. The molecule has 0 spiro atoms. The molecule has 0 bridgehead atoms. The summed E-state index contributed by atoms with van der Waals surface area (Å²) in [4.78, 5) is 80.7. The van der Waals surface area contributed by atoms with Gasteiger partial charge in [0, 0.05) is 30.5 Å². The molecule has 0 radical (unpaired) electrons. The van der Waals surface area contributed by atoms with Crippen molar-refractivity contribution in [2.24, 2.45) is 5.73 Å². The summed E-state index contributed by atoms with van der Waals surface area (Å²) in [6.45, 7) is 0.231. The molecule has 3 amide bonds. The zero-order valence-electron chi connectivity index (χ0n) is 21.3. The van der Waals surface area contributed by atoms with Crippen LogP contribution in [0.3, 0.4) is 0 Å². The van der Waals surface area contributed by atoms with Gasteiger partial charge in [-0.15, -0.1) is 0 Å². The van der Waals surface area contributed by atoms with Crippen molar-refractivity contribution >= 4 is 52.5 Å². The molecule has 3 aromatic rings.